The van der Waals surface area contributed by atoms with Crippen LogP contribution in [0.4, 0.5) is 0 Å². The molecule has 140 valence electrons. The number of aromatic nitrogens is 1. The monoisotopic (exact) mass is 364 g/mol. The van der Waals surface area contributed by atoms with E-state index in [1.807, 2.05) is 5.38 Å². The van der Waals surface area contributed by atoms with E-state index in [9.17, 15) is 4.79 Å². The molecule has 1 amide bonds. The summed E-state index contributed by atoms with van der Waals surface area (Å²) in [6.07, 6.45) is 5.82. The maximum absolute atomic E-state index is 12.6. The highest BCUT2D eigenvalue weighted by Crippen LogP contribution is 2.28. The molecule has 2 heterocycles. The summed E-state index contributed by atoms with van der Waals surface area (Å²) in [5.74, 6) is 0.129. The molecule has 5 nitrogen and oxygen atoms in total. The number of amides is 1. The number of hydrogen-bond acceptors (Lipinski definition) is 5. The molecule has 0 bridgehead atoms. The van der Waals surface area contributed by atoms with Gasteiger partial charge in [0, 0.05) is 50.2 Å². The van der Waals surface area contributed by atoms with E-state index < -0.39 is 0 Å². The summed E-state index contributed by atoms with van der Waals surface area (Å²) in [5, 5.41) is 1.87. The Labute approximate surface area is 156 Å². The first-order chi connectivity index (χ1) is 12.2. The van der Waals surface area contributed by atoms with Gasteiger partial charge in [0.15, 0.2) is 0 Å². The van der Waals surface area contributed by atoms with Crippen LogP contribution in [0.1, 0.15) is 56.4 Å². The molecule has 6 heteroatoms. The topological polar surface area (TPSA) is 39.7 Å². The quantitative estimate of drug-likeness (QED) is 0.675. The molecular formula is C19H32N4OS. The second kappa shape index (κ2) is 9.10. The first-order valence-electron chi connectivity index (χ1n) is 9.84. The van der Waals surface area contributed by atoms with Gasteiger partial charge in [0.25, 0.3) is 5.91 Å². The molecule has 1 atom stereocenters. The van der Waals surface area contributed by atoms with Crippen molar-refractivity contribution in [2.45, 2.75) is 58.0 Å². The van der Waals surface area contributed by atoms with Crippen LogP contribution in [0.25, 0.3) is 0 Å². The molecule has 3 rings (SSSR count). The fourth-order valence-corrected chi connectivity index (χ4v) is 4.31. The van der Waals surface area contributed by atoms with Crippen molar-refractivity contribution in [3.8, 4) is 0 Å². The smallest absolute Gasteiger partial charge is 0.273 e. The first kappa shape index (κ1) is 18.8. The normalized spacial score (nSPS) is 20.6. The van der Waals surface area contributed by atoms with Crippen LogP contribution in [0.2, 0.25) is 0 Å². The minimum absolute atomic E-state index is 0.129. The Morgan fingerprint density at radius 2 is 2.12 bits per heavy atom. The van der Waals surface area contributed by atoms with Crippen molar-refractivity contribution in [2.75, 3.05) is 39.3 Å². The minimum Gasteiger partial charge on any atom is -0.334 e. The van der Waals surface area contributed by atoms with Gasteiger partial charge in [0.1, 0.15) is 5.69 Å². The summed E-state index contributed by atoms with van der Waals surface area (Å²) < 4.78 is 0. The largest absolute Gasteiger partial charge is 0.334 e. The number of piperazine rings is 1. The molecule has 1 aromatic heterocycles. The third kappa shape index (κ3) is 5.25. The van der Waals surface area contributed by atoms with Gasteiger partial charge in [-0.3, -0.25) is 9.69 Å². The first-order valence-corrected chi connectivity index (χ1v) is 10.8. The lowest BCUT2D eigenvalue weighted by molar-refractivity contribution is 0.0716. The molecule has 1 saturated heterocycles. The third-order valence-electron chi connectivity index (χ3n) is 5.49. The zero-order valence-electron chi connectivity index (χ0n) is 15.7. The summed E-state index contributed by atoms with van der Waals surface area (Å²) in [7, 11) is 0. The number of thiazole rings is 1. The van der Waals surface area contributed by atoms with Crippen LogP contribution in [0.15, 0.2) is 10.9 Å². The van der Waals surface area contributed by atoms with E-state index in [2.05, 4.69) is 33.5 Å². The molecule has 1 aliphatic heterocycles. The van der Waals surface area contributed by atoms with Gasteiger partial charge in [-0.15, -0.1) is 11.3 Å². The molecule has 0 radical (unpaired) electrons. The van der Waals surface area contributed by atoms with Crippen molar-refractivity contribution < 1.29 is 4.79 Å². The number of carbonyl (C=O) groups excluding carboxylic acids is 1. The Morgan fingerprint density at radius 3 is 2.72 bits per heavy atom. The van der Waals surface area contributed by atoms with Gasteiger partial charge in [-0.1, -0.05) is 6.92 Å². The van der Waals surface area contributed by atoms with Crippen LogP contribution >= 0.6 is 11.3 Å². The van der Waals surface area contributed by atoms with E-state index in [1.165, 1.54) is 56.9 Å². The summed E-state index contributed by atoms with van der Waals surface area (Å²) >= 11 is 1.50. The third-order valence-corrected chi connectivity index (χ3v) is 6.08. The highest BCUT2D eigenvalue weighted by atomic mass is 32.1. The molecule has 2 aliphatic rings. The molecule has 0 N–H and O–H groups in total. The summed E-state index contributed by atoms with van der Waals surface area (Å²) in [4.78, 5) is 24.1. The molecule has 1 saturated carbocycles. The predicted octanol–water partition coefficient (Wildman–Crippen LogP) is 2.94. The molecule has 1 aliphatic carbocycles. The highest BCUT2D eigenvalue weighted by Gasteiger charge is 2.33. The summed E-state index contributed by atoms with van der Waals surface area (Å²) in [6, 6.07) is 1.07. The summed E-state index contributed by atoms with van der Waals surface area (Å²) in [6.45, 7) is 11.5. The molecule has 0 unspecified atom stereocenters. The molecule has 2 fully saturated rings. The van der Waals surface area contributed by atoms with Crippen LogP contribution in [0.5, 0.6) is 0 Å². The van der Waals surface area contributed by atoms with Gasteiger partial charge in [-0.25, -0.2) is 4.98 Å². The Kier molecular flexibility index (Phi) is 6.84. The van der Waals surface area contributed by atoms with Gasteiger partial charge in [-0.05, 0) is 45.6 Å². The maximum atomic E-state index is 12.6. The van der Waals surface area contributed by atoms with E-state index in [-0.39, 0.29) is 5.91 Å². The van der Waals surface area contributed by atoms with Crippen LogP contribution < -0.4 is 0 Å². The lowest BCUT2D eigenvalue weighted by Gasteiger charge is -2.38. The second-order valence-corrected chi connectivity index (χ2v) is 8.19. The average molecular weight is 365 g/mol. The van der Waals surface area contributed by atoms with Crippen molar-refractivity contribution in [2.24, 2.45) is 0 Å². The molecule has 1 aromatic rings. The fourth-order valence-electron chi connectivity index (χ4n) is 3.78. The van der Waals surface area contributed by atoms with Crippen molar-refractivity contribution in [3.05, 3.63) is 16.6 Å². The second-order valence-electron chi connectivity index (χ2n) is 7.47. The zero-order valence-corrected chi connectivity index (χ0v) is 16.5. The molecule has 0 aromatic carbocycles. The van der Waals surface area contributed by atoms with Crippen molar-refractivity contribution in [3.63, 3.8) is 0 Å². The Bertz CT molecular complexity index is 524. The van der Waals surface area contributed by atoms with E-state index in [4.69, 9.17) is 0 Å². The van der Waals surface area contributed by atoms with Crippen LogP contribution in [-0.2, 0) is 0 Å². The Morgan fingerprint density at radius 1 is 1.36 bits per heavy atom. The van der Waals surface area contributed by atoms with E-state index >= 15 is 0 Å². The zero-order chi connectivity index (χ0) is 17.6. The molecular weight excluding hydrogens is 332 g/mol. The average Bonchev–Trinajstić information content (AvgIpc) is 3.31. The Hall–Kier alpha value is -0.980. The highest BCUT2D eigenvalue weighted by molar-refractivity contribution is 7.07. The van der Waals surface area contributed by atoms with E-state index in [1.54, 1.807) is 5.51 Å². The Balaban J connectivity index is 1.41. The van der Waals surface area contributed by atoms with Crippen LogP contribution in [-0.4, -0.2) is 76.9 Å². The van der Waals surface area contributed by atoms with Gasteiger partial charge in [0.05, 0.1) is 5.51 Å². The predicted molar refractivity (Wildman–Crippen MR) is 103 cm³/mol. The molecule has 0 spiro atoms. The van der Waals surface area contributed by atoms with E-state index in [0.717, 1.165) is 25.8 Å². The summed E-state index contributed by atoms with van der Waals surface area (Å²) in [5.41, 5.74) is 2.37. The van der Waals surface area contributed by atoms with Crippen molar-refractivity contribution in [1.82, 2.24) is 19.7 Å². The van der Waals surface area contributed by atoms with Crippen LogP contribution in [0, 0.1) is 0 Å². The number of hydrogen-bond donors (Lipinski definition) is 0. The minimum atomic E-state index is 0.129. The fraction of sp³-hybridized carbons (Fsp3) is 0.789. The molecule has 25 heavy (non-hydrogen) atoms. The van der Waals surface area contributed by atoms with Gasteiger partial charge < -0.3 is 9.80 Å². The van der Waals surface area contributed by atoms with Crippen molar-refractivity contribution in [1.29, 1.82) is 0 Å². The SMILES string of the molecule is CCCN1CCN([C@H](C)CCCN(C(=O)c2cscn2)C2CC2)CC1. The number of carbonyl (C=O) groups is 1. The maximum Gasteiger partial charge on any atom is 0.273 e. The lowest BCUT2D eigenvalue weighted by atomic mass is 10.1. The number of nitrogens with zero attached hydrogens (tertiary/aromatic N) is 4. The van der Waals surface area contributed by atoms with Gasteiger partial charge in [-0.2, -0.15) is 0 Å². The number of rotatable bonds is 9. The van der Waals surface area contributed by atoms with E-state index in [0.29, 0.717) is 17.8 Å². The van der Waals surface area contributed by atoms with Crippen molar-refractivity contribution >= 4 is 17.2 Å². The lowest BCUT2D eigenvalue weighted by Crippen LogP contribution is -2.49. The van der Waals surface area contributed by atoms with Gasteiger partial charge in [0.2, 0.25) is 0 Å². The van der Waals surface area contributed by atoms with Crippen LogP contribution in [0.3, 0.4) is 0 Å². The van der Waals surface area contributed by atoms with Gasteiger partial charge >= 0.3 is 0 Å². The standard InChI is InChI=1S/C19H32N4OS/c1-3-8-21-10-12-22(13-11-21)16(2)5-4-9-23(17-6-7-17)19(24)18-14-25-15-20-18/h14-17H,3-13H2,1-2H3/t16-/m1/s1.